The zero-order valence-corrected chi connectivity index (χ0v) is 18.1. The molecule has 0 bridgehead atoms. The number of aromatic nitrogens is 1. The van der Waals surface area contributed by atoms with Gasteiger partial charge in [-0.25, -0.2) is 23.2 Å². The summed E-state index contributed by atoms with van der Waals surface area (Å²) in [6.45, 7) is 2.69. The molecule has 0 saturated carbocycles. The summed E-state index contributed by atoms with van der Waals surface area (Å²) in [7, 11) is -5.52. The first-order chi connectivity index (χ1) is 13.9. The molecular formula is C15H18BrF3N4O6S. The normalized spacial score (nSPS) is 18.4. The first kappa shape index (κ1) is 24.3. The van der Waals surface area contributed by atoms with Crippen LogP contribution in [-0.4, -0.2) is 67.6 Å². The van der Waals surface area contributed by atoms with Crippen molar-refractivity contribution < 1.29 is 40.8 Å². The zero-order chi connectivity index (χ0) is 22.7. The lowest BCUT2D eigenvalue weighted by Gasteiger charge is -2.16. The molecule has 1 aliphatic rings. The Hall–Kier alpha value is -1.97. The molecule has 15 heteroatoms. The number of rotatable bonds is 8. The highest BCUT2D eigenvalue weighted by Gasteiger charge is 2.46. The van der Waals surface area contributed by atoms with Crippen LogP contribution in [0.1, 0.15) is 24.2 Å². The number of hydroxylamine groups is 2. The predicted molar refractivity (Wildman–Crippen MR) is 99.6 cm³/mol. The smallest absolute Gasteiger partial charge is 0.476 e. The number of hydrogen-bond acceptors (Lipinski definition) is 7. The second-order valence-corrected chi connectivity index (χ2v) is 8.70. The highest BCUT2D eigenvalue weighted by atomic mass is 79.9. The maximum Gasteiger partial charge on any atom is 0.511 e. The van der Waals surface area contributed by atoms with Gasteiger partial charge in [0.1, 0.15) is 19.3 Å². The van der Waals surface area contributed by atoms with E-state index in [-0.39, 0.29) is 22.5 Å². The van der Waals surface area contributed by atoms with Crippen molar-refractivity contribution in [3.05, 3.63) is 22.3 Å². The molecule has 1 aromatic rings. The van der Waals surface area contributed by atoms with Crippen LogP contribution in [0, 0.1) is 0 Å². The van der Waals surface area contributed by atoms with Gasteiger partial charge >= 0.3 is 15.5 Å². The Morgan fingerprint density at radius 2 is 2.17 bits per heavy atom. The van der Waals surface area contributed by atoms with Gasteiger partial charge in [0.05, 0.1) is 11.6 Å². The minimum Gasteiger partial charge on any atom is -0.476 e. The summed E-state index contributed by atoms with van der Waals surface area (Å²) >= 11 is 3.14. The monoisotopic (exact) mass is 518 g/mol. The van der Waals surface area contributed by atoms with Crippen LogP contribution in [0.3, 0.4) is 0 Å². The summed E-state index contributed by atoms with van der Waals surface area (Å²) in [6, 6.07) is -0.909. The molecular weight excluding hydrogens is 501 g/mol. The molecule has 1 aromatic heterocycles. The molecule has 0 aliphatic carbocycles. The lowest BCUT2D eigenvalue weighted by molar-refractivity contribution is -0.160. The van der Waals surface area contributed by atoms with Crippen molar-refractivity contribution in [1.29, 1.82) is 0 Å². The largest absolute Gasteiger partial charge is 0.511 e. The highest BCUT2D eigenvalue weighted by Crippen LogP contribution is 2.23. The fraction of sp³-hybridized carbons (Fsp3) is 0.533. The van der Waals surface area contributed by atoms with Crippen molar-refractivity contribution in [1.82, 2.24) is 20.1 Å². The molecule has 10 nitrogen and oxygen atoms in total. The molecule has 2 heterocycles. The van der Waals surface area contributed by atoms with E-state index in [2.05, 4.69) is 26.2 Å². The van der Waals surface area contributed by atoms with Gasteiger partial charge < -0.3 is 10.1 Å². The number of nitrogens with one attached hydrogen (secondary N) is 2. The molecule has 0 radical (unpaired) electrons. The number of likely N-dealkylation sites (N-methyl/N-ethyl adjacent to an activating group) is 1. The molecule has 1 aliphatic heterocycles. The van der Waals surface area contributed by atoms with Gasteiger partial charge in [-0.1, -0.05) is 0 Å². The Kier molecular flexibility index (Phi) is 7.65. The van der Waals surface area contributed by atoms with E-state index >= 15 is 0 Å². The van der Waals surface area contributed by atoms with Crippen LogP contribution in [0.15, 0.2) is 16.7 Å². The van der Waals surface area contributed by atoms with Crippen LogP contribution in [0.5, 0.6) is 5.88 Å². The molecule has 1 fully saturated rings. The lowest BCUT2D eigenvalue weighted by Crippen LogP contribution is -2.43. The summed E-state index contributed by atoms with van der Waals surface area (Å²) in [5.74, 6) is -1.18. The van der Waals surface area contributed by atoms with Crippen molar-refractivity contribution in [3.8, 4) is 5.88 Å². The Labute approximate surface area is 178 Å². The van der Waals surface area contributed by atoms with Crippen LogP contribution < -0.4 is 14.8 Å². The van der Waals surface area contributed by atoms with Crippen LogP contribution in [-0.2, 0) is 19.7 Å². The Bertz CT molecular complexity index is 914. The summed E-state index contributed by atoms with van der Waals surface area (Å²) in [5.41, 5.74) is -5.40. The van der Waals surface area contributed by atoms with Gasteiger partial charge in [0.15, 0.2) is 0 Å². The summed E-state index contributed by atoms with van der Waals surface area (Å²) in [4.78, 5) is 33.5. The molecule has 0 unspecified atom stereocenters. The number of sulfonamides is 1. The van der Waals surface area contributed by atoms with Gasteiger partial charge in [0.25, 0.3) is 11.8 Å². The van der Waals surface area contributed by atoms with Crippen LogP contribution in [0.2, 0.25) is 0 Å². The first-order valence-electron chi connectivity index (χ1n) is 8.47. The fourth-order valence-corrected chi connectivity index (χ4v) is 3.44. The number of carbonyl (C=O) groups is 2. The highest BCUT2D eigenvalue weighted by molar-refractivity contribution is 9.10. The SMILES string of the molecule is CCN1OC[C@@H](NC(=O)c2cc(OC[C@H](C)NS(=O)(=O)C(F)(F)F)ncc2Br)C1=O. The number of pyridine rings is 1. The lowest BCUT2D eigenvalue weighted by atomic mass is 10.2. The van der Waals surface area contributed by atoms with E-state index in [1.807, 2.05) is 0 Å². The number of ether oxygens (including phenoxy) is 1. The van der Waals surface area contributed by atoms with Gasteiger partial charge in [0, 0.05) is 23.3 Å². The molecule has 30 heavy (non-hydrogen) atoms. The zero-order valence-electron chi connectivity index (χ0n) is 15.7. The average molecular weight is 519 g/mol. The summed E-state index contributed by atoms with van der Waals surface area (Å²) < 4.78 is 66.3. The molecule has 2 N–H and O–H groups in total. The van der Waals surface area contributed by atoms with E-state index in [0.717, 1.165) is 5.06 Å². The van der Waals surface area contributed by atoms with Crippen molar-refractivity contribution in [2.75, 3.05) is 19.8 Å². The van der Waals surface area contributed by atoms with E-state index < -0.39 is 46.0 Å². The average Bonchev–Trinajstić information content (AvgIpc) is 2.99. The van der Waals surface area contributed by atoms with Gasteiger partial charge in [-0.05, 0) is 29.8 Å². The second-order valence-electron chi connectivity index (χ2n) is 6.14. The van der Waals surface area contributed by atoms with Crippen LogP contribution in [0.4, 0.5) is 13.2 Å². The fourth-order valence-electron chi connectivity index (χ4n) is 2.31. The molecule has 0 spiro atoms. The van der Waals surface area contributed by atoms with Crippen molar-refractivity contribution in [2.45, 2.75) is 31.4 Å². The van der Waals surface area contributed by atoms with E-state index in [9.17, 15) is 31.2 Å². The minimum absolute atomic E-state index is 0.0265. The molecule has 1 saturated heterocycles. The summed E-state index contributed by atoms with van der Waals surface area (Å²) in [5, 5.41) is 3.62. The third-order valence-electron chi connectivity index (χ3n) is 3.75. The predicted octanol–water partition coefficient (Wildman–Crippen LogP) is 0.943. The van der Waals surface area contributed by atoms with Crippen molar-refractivity contribution in [2.24, 2.45) is 0 Å². The Balaban J connectivity index is 2.01. The van der Waals surface area contributed by atoms with Gasteiger partial charge in [-0.3, -0.25) is 14.4 Å². The van der Waals surface area contributed by atoms with E-state index in [1.54, 1.807) is 6.92 Å². The molecule has 0 aromatic carbocycles. The summed E-state index contributed by atoms with van der Waals surface area (Å²) in [6.07, 6.45) is 1.22. The van der Waals surface area contributed by atoms with E-state index in [4.69, 9.17) is 9.57 Å². The molecule has 2 rings (SSSR count). The maximum atomic E-state index is 12.5. The van der Waals surface area contributed by atoms with Gasteiger partial charge in [-0.15, -0.1) is 0 Å². The molecule has 168 valence electrons. The molecule has 2 atom stereocenters. The second kappa shape index (κ2) is 9.45. The van der Waals surface area contributed by atoms with Crippen molar-refractivity contribution >= 4 is 37.8 Å². The molecule has 2 amide bonds. The maximum absolute atomic E-state index is 12.5. The Morgan fingerprint density at radius 3 is 2.73 bits per heavy atom. The van der Waals surface area contributed by atoms with E-state index in [0.29, 0.717) is 6.54 Å². The van der Waals surface area contributed by atoms with E-state index in [1.165, 1.54) is 23.9 Å². The number of amides is 2. The minimum atomic E-state index is -5.52. The Morgan fingerprint density at radius 1 is 1.50 bits per heavy atom. The van der Waals surface area contributed by atoms with Gasteiger partial charge in [-0.2, -0.15) is 13.2 Å². The first-order valence-corrected chi connectivity index (χ1v) is 10.8. The number of alkyl halides is 3. The number of nitrogens with zero attached hydrogens (tertiary/aromatic N) is 2. The standard InChI is InChI=1S/C15H18BrF3N4O6S/c1-3-23-14(25)11(7-29-23)21-13(24)9-4-12(20-5-10(9)16)28-6-8(2)22-30(26,27)15(17,18)19/h4-5,8,11,22H,3,6-7H2,1-2H3,(H,21,24)/t8-,11+/m0/s1. The van der Waals surface area contributed by atoms with Gasteiger partial charge in [0.2, 0.25) is 5.88 Å². The van der Waals surface area contributed by atoms with Crippen LogP contribution in [0.25, 0.3) is 0 Å². The third-order valence-corrected chi connectivity index (χ3v) is 5.70. The number of carbonyl (C=O) groups excluding carboxylic acids is 2. The number of hydrogen-bond donors (Lipinski definition) is 2. The quantitative estimate of drug-likeness (QED) is 0.524. The third kappa shape index (κ3) is 5.80. The van der Waals surface area contributed by atoms with Crippen LogP contribution >= 0.6 is 15.9 Å². The topological polar surface area (TPSA) is 127 Å². The number of halogens is 4. The van der Waals surface area contributed by atoms with Crippen molar-refractivity contribution in [3.63, 3.8) is 0 Å².